The summed E-state index contributed by atoms with van der Waals surface area (Å²) in [7, 11) is 0. The standard InChI is InChI=1S/C18H21Cl2N3O2/c1-10(21)12-6-8-23(9-7-12)18(24)15-11(2)25-22-17(15)16-13(19)4-3-5-14(16)20/h3-5,10,12H,6-9,21H2,1-2H3. The van der Waals surface area contributed by atoms with Crippen LogP contribution >= 0.6 is 23.2 Å². The van der Waals surface area contributed by atoms with E-state index in [0.717, 1.165) is 12.8 Å². The molecule has 3 rings (SSSR count). The van der Waals surface area contributed by atoms with Gasteiger partial charge in [-0.15, -0.1) is 0 Å². The Morgan fingerprint density at radius 2 is 1.92 bits per heavy atom. The van der Waals surface area contributed by atoms with Crippen LogP contribution in [0, 0.1) is 12.8 Å². The molecular weight excluding hydrogens is 361 g/mol. The molecule has 1 aromatic heterocycles. The van der Waals surface area contributed by atoms with Crippen LogP contribution in [-0.2, 0) is 0 Å². The normalized spacial score (nSPS) is 16.9. The minimum atomic E-state index is -0.104. The van der Waals surface area contributed by atoms with E-state index in [4.69, 9.17) is 33.5 Å². The molecule has 1 saturated heterocycles. The second-order valence-corrected chi connectivity index (χ2v) is 7.36. The Bertz CT molecular complexity index is 760. The predicted molar refractivity (Wildman–Crippen MR) is 99.0 cm³/mol. The quantitative estimate of drug-likeness (QED) is 0.866. The van der Waals surface area contributed by atoms with Gasteiger partial charge in [0.25, 0.3) is 5.91 Å². The van der Waals surface area contributed by atoms with Crippen molar-refractivity contribution >= 4 is 29.1 Å². The van der Waals surface area contributed by atoms with Crippen molar-refractivity contribution < 1.29 is 9.32 Å². The van der Waals surface area contributed by atoms with E-state index in [1.54, 1.807) is 25.1 Å². The third kappa shape index (κ3) is 3.54. The summed E-state index contributed by atoms with van der Waals surface area (Å²) < 4.78 is 5.30. The van der Waals surface area contributed by atoms with Crippen molar-refractivity contribution in [1.29, 1.82) is 0 Å². The molecule has 5 nitrogen and oxygen atoms in total. The fourth-order valence-electron chi connectivity index (χ4n) is 3.31. The fraction of sp³-hybridized carbons (Fsp3) is 0.444. The maximum Gasteiger partial charge on any atom is 0.259 e. The Balaban J connectivity index is 1.91. The molecule has 1 amide bonds. The maximum atomic E-state index is 13.1. The lowest BCUT2D eigenvalue weighted by molar-refractivity contribution is 0.0680. The van der Waals surface area contributed by atoms with Gasteiger partial charge in [-0.1, -0.05) is 34.4 Å². The average Bonchev–Trinajstić information content (AvgIpc) is 2.95. The number of hydrogen-bond acceptors (Lipinski definition) is 4. The molecule has 2 aromatic rings. The van der Waals surface area contributed by atoms with E-state index < -0.39 is 0 Å². The summed E-state index contributed by atoms with van der Waals surface area (Å²) in [6.07, 6.45) is 1.80. The molecule has 0 radical (unpaired) electrons. The number of piperidine rings is 1. The topological polar surface area (TPSA) is 72.4 Å². The van der Waals surface area contributed by atoms with E-state index in [0.29, 0.717) is 51.6 Å². The number of aryl methyl sites for hydroxylation is 1. The first-order valence-corrected chi connectivity index (χ1v) is 9.11. The summed E-state index contributed by atoms with van der Waals surface area (Å²) in [5.41, 5.74) is 7.33. The number of rotatable bonds is 3. The van der Waals surface area contributed by atoms with Crippen molar-refractivity contribution in [2.45, 2.75) is 32.7 Å². The summed E-state index contributed by atoms with van der Waals surface area (Å²) in [6, 6.07) is 5.33. The Labute approximate surface area is 157 Å². The number of nitrogens with zero attached hydrogens (tertiary/aromatic N) is 2. The van der Waals surface area contributed by atoms with Gasteiger partial charge in [-0.2, -0.15) is 0 Å². The molecule has 0 bridgehead atoms. The molecule has 1 atom stereocenters. The number of amides is 1. The molecular formula is C18H21Cl2N3O2. The number of carbonyl (C=O) groups excluding carboxylic acids is 1. The van der Waals surface area contributed by atoms with Gasteiger partial charge in [-0.05, 0) is 44.7 Å². The zero-order valence-corrected chi connectivity index (χ0v) is 15.8. The van der Waals surface area contributed by atoms with Gasteiger partial charge >= 0.3 is 0 Å². The summed E-state index contributed by atoms with van der Waals surface area (Å²) >= 11 is 12.6. The number of nitrogens with two attached hydrogens (primary N) is 1. The van der Waals surface area contributed by atoms with E-state index >= 15 is 0 Å². The molecule has 2 heterocycles. The predicted octanol–water partition coefficient (Wildman–Crippen LogP) is 4.16. The third-order valence-electron chi connectivity index (χ3n) is 4.85. The lowest BCUT2D eigenvalue weighted by atomic mass is 9.90. The van der Waals surface area contributed by atoms with Crippen LogP contribution in [0.5, 0.6) is 0 Å². The van der Waals surface area contributed by atoms with Crippen LogP contribution in [0.3, 0.4) is 0 Å². The largest absolute Gasteiger partial charge is 0.360 e. The van der Waals surface area contributed by atoms with Gasteiger partial charge in [0.1, 0.15) is 17.0 Å². The van der Waals surface area contributed by atoms with E-state index in [1.807, 2.05) is 11.8 Å². The summed E-state index contributed by atoms with van der Waals surface area (Å²) in [6.45, 7) is 5.09. The van der Waals surface area contributed by atoms with Crippen molar-refractivity contribution in [2.24, 2.45) is 11.7 Å². The zero-order chi connectivity index (χ0) is 18.1. The lowest BCUT2D eigenvalue weighted by Gasteiger charge is -2.33. The Morgan fingerprint density at radius 3 is 2.48 bits per heavy atom. The molecule has 0 saturated carbocycles. The van der Waals surface area contributed by atoms with Crippen molar-refractivity contribution in [3.05, 3.63) is 39.6 Å². The van der Waals surface area contributed by atoms with Gasteiger partial charge < -0.3 is 15.2 Å². The minimum absolute atomic E-state index is 0.104. The van der Waals surface area contributed by atoms with Gasteiger partial charge in [0.2, 0.25) is 0 Å². The SMILES string of the molecule is Cc1onc(-c2c(Cl)cccc2Cl)c1C(=O)N1CCC(C(C)N)CC1. The molecule has 7 heteroatoms. The van der Waals surface area contributed by atoms with E-state index in [2.05, 4.69) is 5.16 Å². The number of hydrogen-bond donors (Lipinski definition) is 1. The summed E-state index contributed by atoms with van der Waals surface area (Å²) in [5.74, 6) is 0.809. The third-order valence-corrected chi connectivity index (χ3v) is 5.48. The monoisotopic (exact) mass is 381 g/mol. The first kappa shape index (κ1) is 18.2. The van der Waals surface area contributed by atoms with Gasteiger partial charge in [-0.3, -0.25) is 4.79 Å². The molecule has 1 unspecified atom stereocenters. The fourth-order valence-corrected chi connectivity index (χ4v) is 3.88. The number of halogens is 2. The molecule has 0 aliphatic carbocycles. The summed E-state index contributed by atoms with van der Waals surface area (Å²) in [4.78, 5) is 14.9. The Morgan fingerprint density at radius 1 is 1.32 bits per heavy atom. The molecule has 2 N–H and O–H groups in total. The van der Waals surface area contributed by atoms with Crippen LogP contribution in [0.2, 0.25) is 10.0 Å². The van der Waals surface area contributed by atoms with E-state index in [-0.39, 0.29) is 11.9 Å². The van der Waals surface area contributed by atoms with Crippen molar-refractivity contribution in [2.75, 3.05) is 13.1 Å². The summed E-state index contributed by atoms with van der Waals surface area (Å²) in [5, 5.41) is 4.93. The minimum Gasteiger partial charge on any atom is -0.360 e. The molecule has 134 valence electrons. The highest BCUT2D eigenvalue weighted by Gasteiger charge is 2.31. The van der Waals surface area contributed by atoms with Gasteiger partial charge in [0.05, 0.1) is 10.0 Å². The zero-order valence-electron chi connectivity index (χ0n) is 14.3. The van der Waals surface area contributed by atoms with Crippen LogP contribution in [0.25, 0.3) is 11.3 Å². The highest BCUT2D eigenvalue weighted by atomic mass is 35.5. The van der Waals surface area contributed by atoms with E-state index in [1.165, 1.54) is 0 Å². The molecule has 0 spiro atoms. The molecule has 1 aromatic carbocycles. The molecule has 1 aliphatic heterocycles. The van der Waals surface area contributed by atoms with E-state index in [9.17, 15) is 4.79 Å². The van der Waals surface area contributed by atoms with Crippen LogP contribution < -0.4 is 5.73 Å². The number of carbonyl (C=O) groups is 1. The van der Waals surface area contributed by atoms with Crippen molar-refractivity contribution in [1.82, 2.24) is 10.1 Å². The number of aromatic nitrogens is 1. The highest BCUT2D eigenvalue weighted by Crippen LogP contribution is 2.37. The van der Waals surface area contributed by atoms with Crippen molar-refractivity contribution in [3.63, 3.8) is 0 Å². The smallest absolute Gasteiger partial charge is 0.259 e. The van der Waals surface area contributed by atoms with Crippen LogP contribution in [-0.4, -0.2) is 35.1 Å². The van der Waals surface area contributed by atoms with Crippen LogP contribution in [0.15, 0.2) is 22.7 Å². The first-order chi connectivity index (χ1) is 11.9. The number of benzene rings is 1. The van der Waals surface area contributed by atoms with Gasteiger partial charge in [-0.25, -0.2) is 0 Å². The maximum absolute atomic E-state index is 13.1. The first-order valence-electron chi connectivity index (χ1n) is 8.35. The van der Waals surface area contributed by atoms with Gasteiger partial charge in [0.15, 0.2) is 0 Å². The van der Waals surface area contributed by atoms with Crippen molar-refractivity contribution in [3.8, 4) is 11.3 Å². The average molecular weight is 382 g/mol. The molecule has 25 heavy (non-hydrogen) atoms. The van der Waals surface area contributed by atoms with Crippen LogP contribution in [0.4, 0.5) is 0 Å². The van der Waals surface area contributed by atoms with Crippen LogP contribution in [0.1, 0.15) is 35.9 Å². The Kier molecular flexibility index (Phi) is 5.37. The molecule has 1 aliphatic rings. The second kappa shape index (κ2) is 7.36. The Hall–Kier alpha value is -1.56. The lowest BCUT2D eigenvalue weighted by Crippen LogP contribution is -2.42. The van der Waals surface area contributed by atoms with Gasteiger partial charge in [0, 0.05) is 24.7 Å². The number of likely N-dealkylation sites (tertiary alicyclic amines) is 1. The highest BCUT2D eigenvalue weighted by molar-refractivity contribution is 6.39. The second-order valence-electron chi connectivity index (χ2n) is 6.55. The molecule has 1 fully saturated rings.